The van der Waals surface area contributed by atoms with Crippen LogP contribution in [0.1, 0.15) is 11.1 Å². The van der Waals surface area contributed by atoms with Crippen LogP contribution in [0.15, 0.2) is 140 Å². The Hall–Kier alpha value is -6.33. The Balaban J connectivity index is 1.30. The Morgan fingerprint density at radius 2 is 1.02 bits per heavy atom. The second-order valence-electron chi connectivity index (χ2n) is 12.3. The zero-order valence-electron chi connectivity index (χ0n) is 26.5. The first kappa shape index (κ1) is 27.9. The fourth-order valence-corrected chi connectivity index (χ4v) is 6.65. The molecule has 0 bridgehead atoms. The zero-order valence-corrected chi connectivity index (χ0v) is 26.5. The van der Waals surface area contributed by atoms with Crippen molar-refractivity contribution in [2.45, 2.75) is 13.8 Å². The summed E-state index contributed by atoms with van der Waals surface area (Å²) < 4.78 is 0. The molecule has 9 rings (SSSR count). The maximum Gasteiger partial charge on any atom is 0.164 e. The lowest BCUT2D eigenvalue weighted by Gasteiger charge is -2.15. The third-order valence-electron chi connectivity index (χ3n) is 9.11. The van der Waals surface area contributed by atoms with Crippen molar-refractivity contribution in [1.29, 1.82) is 0 Å². The van der Waals surface area contributed by atoms with Crippen LogP contribution in [0.25, 0.3) is 88.8 Å². The molecule has 0 amide bonds. The van der Waals surface area contributed by atoms with Gasteiger partial charge in [0.15, 0.2) is 17.5 Å². The maximum atomic E-state index is 5.27. The van der Waals surface area contributed by atoms with Crippen LogP contribution in [0.5, 0.6) is 0 Å². The van der Waals surface area contributed by atoms with Crippen LogP contribution >= 0.6 is 0 Å². The normalized spacial score (nSPS) is 11.5. The molecule has 0 radical (unpaired) electrons. The number of hydrogen-bond acceptors (Lipinski definition) is 5. The highest BCUT2D eigenvalue weighted by molar-refractivity contribution is 6.23. The van der Waals surface area contributed by atoms with Crippen LogP contribution in [0.3, 0.4) is 0 Å². The van der Waals surface area contributed by atoms with Crippen molar-refractivity contribution in [3.05, 3.63) is 151 Å². The lowest BCUT2D eigenvalue weighted by atomic mass is 9.93. The molecule has 0 spiro atoms. The van der Waals surface area contributed by atoms with Gasteiger partial charge in [0.1, 0.15) is 0 Å². The predicted molar refractivity (Wildman–Crippen MR) is 197 cm³/mol. The molecule has 48 heavy (non-hydrogen) atoms. The Morgan fingerprint density at radius 1 is 0.417 bits per heavy atom. The lowest BCUT2D eigenvalue weighted by molar-refractivity contribution is 1.07. The van der Waals surface area contributed by atoms with Crippen LogP contribution in [0.4, 0.5) is 0 Å². The summed E-state index contributed by atoms with van der Waals surface area (Å²) in [6.07, 6.45) is 1.84. The van der Waals surface area contributed by atoms with Crippen LogP contribution in [0, 0.1) is 13.8 Å². The first-order valence-corrected chi connectivity index (χ1v) is 16.1. The van der Waals surface area contributed by atoms with Gasteiger partial charge in [-0.1, -0.05) is 120 Å². The highest BCUT2D eigenvalue weighted by atomic mass is 15.0. The summed E-state index contributed by atoms with van der Waals surface area (Å²) in [4.78, 5) is 25.3. The molecule has 0 unspecified atom stereocenters. The van der Waals surface area contributed by atoms with E-state index in [2.05, 4.69) is 135 Å². The molecule has 0 N–H and O–H groups in total. The number of benzene rings is 6. The van der Waals surface area contributed by atoms with Crippen molar-refractivity contribution in [2.75, 3.05) is 0 Å². The van der Waals surface area contributed by atoms with E-state index in [-0.39, 0.29) is 0 Å². The fourth-order valence-electron chi connectivity index (χ4n) is 6.65. The van der Waals surface area contributed by atoms with Crippen molar-refractivity contribution in [3.8, 4) is 45.4 Å². The van der Waals surface area contributed by atoms with Gasteiger partial charge in [0.2, 0.25) is 0 Å². The number of nitrogens with zero attached hydrogens (tertiary/aromatic N) is 5. The molecule has 0 atom stereocenters. The average Bonchev–Trinajstić information content (AvgIpc) is 3.14. The molecule has 0 fully saturated rings. The smallest absolute Gasteiger partial charge is 0.164 e. The number of rotatable bonds is 4. The summed E-state index contributed by atoms with van der Waals surface area (Å²) in [7, 11) is 0. The summed E-state index contributed by atoms with van der Waals surface area (Å²) in [6.45, 7) is 4.16. The third kappa shape index (κ3) is 4.67. The highest BCUT2D eigenvalue weighted by Gasteiger charge is 2.19. The lowest BCUT2D eigenvalue weighted by Crippen LogP contribution is -2.01. The van der Waals surface area contributed by atoms with Gasteiger partial charge in [0, 0.05) is 50.0 Å². The summed E-state index contributed by atoms with van der Waals surface area (Å²) >= 11 is 0. The van der Waals surface area contributed by atoms with Crippen LogP contribution in [-0.4, -0.2) is 24.9 Å². The molecular formula is C43H29N5. The monoisotopic (exact) mass is 615 g/mol. The molecule has 5 nitrogen and oxygen atoms in total. The molecule has 0 saturated carbocycles. The minimum absolute atomic E-state index is 0.600. The van der Waals surface area contributed by atoms with E-state index in [0.29, 0.717) is 17.5 Å². The second kappa shape index (κ2) is 11.2. The van der Waals surface area contributed by atoms with Crippen molar-refractivity contribution in [2.24, 2.45) is 0 Å². The number of hydrogen-bond donors (Lipinski definition) is 0. The van der Waals surface area contributed by atoms with Gasteiger partial charge >= 0.3 is 0 Å². The Kier molecular flexibility index (Phi) is 6.51. The van der Waals surface area contributed by atoms with Gasteiger partial charge in [-0.15, -0.1) is 0 Å². The van der Waals surface area contributed by atoms with E-state index in [1.165, 1.54) is 27.3 Å². The summed E-state index contributed by atoms with van der Waals surface area (Å²) in [5, 5.41) is 6.80. The van der Waals surface area contributed by atoms with E-state index in [9.17, 15) is 0 Å². The summed E-state index contributed by atoms with van der Waals surface area (Å²) in [5.41, 5.74) is 8.80. The minimum Gasteiger partial charge on any atom is -0.256 e. The number of fused-ring (bicyclic) bond motifs is 6. The van der Waals surface area contributed by atoms with Crippen LogP contribution in [-0.2, 0) is 0 Å². The summed E-state index contributed by atoms with van der Waals surface area (Å²) in [6, 6.07) is 46.2. The first-order valence-electron chi connectivity index (χ1n) is 16.1. The number of aryl methyl sites for hydroxylation is 2. The predicted octanol–water partition coefficient (Wildman–Crippen LogP) is 10.6. The summed E-state index contributed by atoms with van der Waals surface area (Å²) in [5.74, 6) is 1.86. The topological polar surface area (TPSA) is 64.5 Å². The molecule has 0 aliphatic rings. The number of para-hydroxylation sites is 1. The first-order chi connectivity index (χ1) is 23.6. The molecule has 5 heteroatoms. The van der Waals surface area contributed by atoms with Crippen LogP contribution in [0.2, 0.25) is 0 Å². The van der Waals surface area contributed by atoms with Gasteiger partial charge in [-0.3, -0.25) is 4.98 Å². The Labute approximate surface area is 277 Å². The maximum absolute atomic E-state index is 5.27. The molecule has 0 aliphatic heterocycles. The minimum atomic E-state index is 0.600. The molecule has 3 heterocycles. The molecular weight excluding hydrogens is 587 g/mol. The zero-order chi connectivity index (χ0) is 32.2. The van der Waals surface area contributed by atoms with E-state index < -0.39 is 0 Å². The van der Waals surface area contributed by atoms with E-state index in [4.69, 9.17) is 24.9 Å². The standard InChI is InChI=1S/C43H29N5/c1-26-13-17-29(18-14-26)41-46-42(30-19-15-27(2)16-20-30)48-43(47-41)33-23-24-36(39-32(33)11-7-25-44-39)40-35-22-21-28-8-3-4-9-31(28)38(35)34-10-5-6-12-37(34)45-40/h3-25H,1-2H3. The molecule has 0 aliphatic carbocycles. The SMILES string of the molecule is Cc1ccc(-c2nc(-c3ccc(C)cc3)nc(-c3ccc(-c4nc5ccccc5c5c4ccc4ccccc45)c4ncccc34)n2)cc1. The fraction of sp³-hybridized carbons (Fsp3) is 0.0465. The molecule has 6 aromatic carbocycles. The largest absolute Gasteiger partial charge is 0.256 e. The van der Waals surface area contributed by atoms with Gasteiger partial charge in [-0.05, 0) is 48.9 Å². The second-order valence-corrected chi connectivity index (χ2v) is 12.3. The van der Waals surface area contributed by atoms with E-state index in [1.54, 1.807) is 0 Å². The number of pyridine rings is 2. The van der Waals surface area contributed by atoms with E-state index >= 15 is 0 Å². The van der Waals surface area contributed by atoms with Crippen molar-refractivity contribution < 1.29 is 0 Å². The molecule has 9 aromatic rings. The van der Waals surface area contributed by atoms with Crippen molar-refractivity contribution >= 4 is 43.4 Å². The highest BCUT2D eigenvalue weighted by Crippen LogP contribution is 2.40. The number of aromatic nitrogens is 5. The van der Waals surface area contributed by atoms with Gasteiger partial charge < -0.3 is 0 Å². The molecule has 0 saturated heterocycles. The molecule has 226 valence electrons. The van der Waals surface area contributed by atoms with Gasteiger partial charge in [0.05, 0.1) is 16.7 Å². The molecule has 3 aromatic heterocycles. The van der Waals surface area contributed by atoms with E-state index in [0.717, 1.165) is 55.1 Å². The third-order valence-corrected chi connectivity index (χ3v) is 9.11. The van der Waals surface area contributed by atoms with E-state index in [1.807, 2.05) is 18.3 Å². The Morgan fingerprint density at radius 3 is 1.75 bits per heavy atom. The van der Waals surface area contributed by atoms with Crippen molar-refractivity contribution in [1.82, 2.24) is 24.9 Å². The van der Waals surface area contributed by atoms with Crippen molar-refractivity contribution in [3.63, 3.8) is 0 Å². The van der Waals surface area contributed by atoms with Gasteiger partial charge in [-0.2, -0.15) is 0 Å². The van der Waals surface area contributed by atoms with Crippen LogP contribution < -0.4 is 0 Å². The quantitative estimate of drug-likeness (QED) is 0.184. The average molecular weight is 616 g/mol. The van der Waals surface area contributed by atoms with Gasteiger partial charge in [0.25, 0.3) is 0 Å². The van der Waals surface area contributed by atoms with Gasteiger partial charge in [-0.25, -0.2) is 19.9 Å². The Bertz CT molecular complexity index is 2600.